The number of benzene rings is 1. The molecule has 0 aromatic heterocycles. The van der Waals surface area contributed by atoms with Gasteiger partial charge in [-0.05, 0) is 41.5 Å². The predicted octanol–water partition coefficient (Wildman–Crippen LogP) is 5.22. The second-order valence-electron chi connectivity index (χ2n) is 5.56. The molecule has 2 aliphatic rings. The topological polar surface area (TPSA) is 9.23 Å². The van der Waals surface area contributed by atoms with Crippen LogP contribution in [-0.4, -0.2) is 12.7 Å². The highest BCUT2D eigenvalue weighted by Gasteiger charge is 2.26. The third-order valence-electron chi connectivity index (χ3n) is 4.05. The molecule has 1 aromatic rings. The van der Waals surface area contributed by atoms with E-state index in [4.69, 9.17) is 4.74 Å². The van der Waals surface area contributed by atoms with Crippen molar-refractivity contribution in [2.45, 2.75) is 31.8 Å². The fourth-order valence-electron chi connectivity index (χ4n) is 3.05. The Morgan fingerprint density at radius 1 is 1.10 bits per heavy atom. The van der Waals surface area contributed by atoms with E-state index in [-0.39, 0.29) is 17.6 Å². The molecule has 1 aromatic carbocycles. The number of hydrogen-bond donors (Lipinski definition) is 0. The lowest BCUT2D eigenvalue weighted by atomic mass is 9.86. The van der Waals surface area contributed by atoms with Crippen molar-refractivity contribution in [3.63, 3.8) is 0 Å². The van der Waals surface area contributed by atoms with Gasteiger partial charge in [0.25, 0.3) is 0 Å². The summed E-state index contributed by atoms with van der Waals surface area (Å²) in [5, 5.41) is 0. The highest BCUT2D eigenvalue weighted by Crippen LogP contribution is 2.37. The molecule has 0 bridgehead atoms. The van der Waals surface area contributed by atoms with Gasteiger partial charge in [-0.3, -0.25) is 0 Å². The van der Waals surface area contributed by atoms with Crippen molar-refractivity contribution in [2.75, 3.05) is 6.61 Å². The van der Waals surface area contributed by atoms with Gasteiger partial charge in [0.05, 0.1) is 6.10 Å². The third-order valence-corrected chi connectivity index (χ3v) is 4.60. The number of allylic oxidation sites excluding steroid dienone is 2. The first-order chi connectivity index (χ1) is 10.1. The largest absolute Gasteiger partial charge is 0.377 e. The van der Waals surface area contributed by atoms with E-state index in [1.165, 1.54) is 18.2 Å². The average molecular weight is 355 g/mol. The van der Waals surface area contributed by atoms with Gasteiger partial charge in [0, 0.05) is 24.5 Å². The third kappa shape index (κ3) is 3.27. The molecule has 0 amide bonds. The zero-order valence-electron chi connectivity index (χ0n) is 11.6. The van der Waals surface area contributed by atoms with Gasteiger partial charge in [0.2, 0.25) is 0 Å². The second kappa shape index (κ2) is 6.41. The molecule has 3 rings (SSSR count). The monoisotopic (exact) mass is 354 g/mol. The van der Waals surface area contributed by atoms with Gasteiger partial charge in [-0.1, -0.05) is 34.1 Å². The molecule has 2 unspecified atom stereocenters. The minimum absolute atomic E-state index is 0.0717. The van der Waals surface area contributed by atoms with Crippen molar-refractivity contribution < 1.29 is 13.5 Å². The molecule has 0 N–H and O–H groups in total. The lowest BCUT2D eigenvalue weighted by Gasteiger charge is -2.30. The van der Waals surface area contributed by atoms with Crippen LogP contribution >= 0.6 is 15.9 Å². The summed E-state index contributed by atoms with van der Waals surface area (Å²) in [7, 11) is 0. The van der Waals surface area contributed by atoms with Crippen LogP contribution in [0, 0.1) is 17.6 Å². The van der Waals surface area contributed by atoms with Crippen LogP contribution in [0.15, 0.2) is 34.8 Å². The van der Waals surface area contributed by atoms with E-state index in [2.05, 4.69) is 22.0 Å². The summed E-state index contributed by atoms with van der Waals surface area (Å²) in [4.78, 5) is 0. The molecule has 1 aliphatic carbocycles. The van der Waals surface area contributed by atoms with E-state index in [9.17, 15) is 8.78 Å². The smallest absolute Gasteiger partial charge is 0.133 e. The van der Waals surface area contributed by atoms with E-state index in [0.717, 1.165) is 30.4 Å². The van der Waals surface area contributed by atoms with E-state index in [0.29, 0.717) is 12.0 Å². The molecule has 0 spiro atoms. The number of hydrogen-bond acceptors (Lipinski definition) is 1. The van der Waals surface area contributed by atoms with Crippen LogP contribution in [0.5, 0.6) is 0 Å². The van der Waals surface area contributed by atoms with E-state index >= 15 is 0 Å². The zero-order chi connectivity index (χ0) is 14.8. The van der Waals surface area contributed by atoms with E-state index in [1.807, 2.05) is 6.08 Å². The Morgan fingerprint density at radius 3 is 2.52 bits per heavy atom. The molecule has 1 aliphatic heterocycles. The molecule has 1 saturated heterocycles. The molecule has 2 atom stereocenters. The van der Waals surface area contributed by atoms with Crippen molar-refractivity contribution in [2.24, 2.45) is 5.92 Å². The lowest BCUT2D eigenvalue weighted by Crippen LogP contribution is -2.27. The van der Waals surface area contributed by atoms with Crippen LogP contribution in [0.25, 0.3) is 5.57 Å². The van der Waals surface area contributed by atoms with Crippen molar-refractivity contribution in [1.29, 1.82) is 0 Å². The first-order valence-electron chi connectivity index (χ1n) is 7.28. The molecular formula is C17H17BrF2O. The molecular weight excluding hydrogens is 338 g/mol. The quantitative estimate of drug-likeness (QED) is 0.707. The Hall–Kier alpha value is -1.00. The fourth-order valence-corrected chi connectivity index (χ4v) is 3.66. The van der Waals surface area contributed by atoms with E-state index < -0.39 is 11.6 Å². The van der Waals surface area contributed by atoms with Crippen LogP contribution < -0.4 is 0 Å². The molecule has 1 nitrogen and oxygen atoms in total. The van der Waals surface area contributed by atoms with Gasteiger partial charge in [-0.25, -0.2) is 8.78 Å². The average Bonchev–Trinajstić information content (AvgIpc) is 2.47. The lowest BCUT2D eigenvalue weighted by molar-refractivity contribution is 0.00106. The van der Waals surface area contributed by atoms with Crippen molar-refractivity contribution in [3.05, 3.63) is 52.0 Å². The van der Waals surface area contributed by atoms with Crippen LogP contribution in [-0.2, 0) is 4.74 Å². The van der Waals surface area contributed by atoms with Crippen LogP contribution in [0.1, 0.15) is 31.2 Å². The summed E-state index contributed by atoms with van der Waals surface area (Å²) in [6, 6.07) is 4.00. The standard InChI is InChI=1S/C17H17BrF2O/c18-13-9-11(16-6-1-2-7-21-16)8-12(10-13)17-14(19)4-3-5-15(17)20/h3-5,8-9,11,16H,1-2,6-7,10H2. The second-order valence-corrected chi connectivity index (χ2v) is 6.58. The Kier molecular flexibility index (Phi) is 4.55. The summed E-state index contributed by atoms with van der Waals surface area (Å²) in [6.07, 6.45) is 7.90. The molecule has 0 saturated carbocycles. The summed E-state index contributed by atoms with van der Waals surface area (Å²) < 4.78 is 34.7. The molecule has 4 heteroatoms. The van der Waals surface area contributed by atoms with Gasteiger partial charge in [-0.2, -0.15) is 0 Å². The van der Waals surface area contributed by atoms with Gasteiger partial charge in [-0.15, -0.1) is 0 Å². The SMILES string of the molecule is Fc1cccc(F)c1C1=CC(C2CCCCO2)C=C(Br)C1. The number of rotatable bonds is 2. The van der Waals surface area contributed by atoms with Gasteiger partial charge >= 0.3 is 0 Å². The normalized spacial score (nSPS) is 26.2. The van der Waals surface area contributed by atoms with Gasteiger partial charge in [0.1, 0.15) is 11.6 Å². The highest BCUT2D eigenvalue weighted by atomic mass is 79.9. The summed E-state index contributed by atoms with van der Waals surface area (Å²) in [5.41, 5.74) is 0.780. The fraction of sp³-hybridized carbons (Fsp3) is 0.412. The Morgan fingerprint density at radius 2 is 1.86 bits per heavy atom. The number of ether oxygens (including phenoxy) is 1. The maximum atomic E-state index is 14.0. The van der Waals surface area contributed by atoms with Crippen molar-refractivity contribution >= 4 is 21.5 Å². The maximum absolute atomic E-state index is 14.0. The maximum Gasteiger partial charge on any atom is 0.133 e. The predicted molar refractivity (Wildman–Crippen MR) is 83.0 cm³/mol. The molecule has 0 radical (unpaired) electrons. The van der Waals surface area contributed by atoms with E-state index in [1.54, 1.807) is 0 Å². The summed E-state index contributed by atoms with van der Waals surface area (Å²) >= 11 is 3.50. The number of halogens is 3. The Bertz CT molecular complexity index is 568. The first-order valence-corrected chi connectivity index (χ1v) is 8.07. The minimum atomic E-state index is -0.508. The van der Waals surface area contributed by atoms with Gasteiger partial charge < -0.3 is 4.74 Å². The summed E-state index contributed by atoms with van der Waals surface area (Å²) in [5.74, 6) is -0.944. The molecule has 1 fully saturated rings. The van der Waals surface area contributed by atoms with Crippen LogP contribution in [0.4, 0.5) is 8.78 Å². The Labute approximate surface area is 131 Å². The highest BCUT2D eigenvalue weighted by molar-refractivity contribution is 9.11. The first kappa shape index (κ1) is 14.9. The van der Waals surface area contributed by atoms with Crippen LogP contribution in [0.2, 0.25) is 0 Å². The minimum Gasteiger partial charge on any atom is -0.377 e. The van der Waals surface area contributed by atoms with Crippen LogP contribution in [0.3, 0.4) is 0 Å². The molecule has 1 heterocycles. The van der Waals surface area contributed by atoms with Crippen molar-refractivity contribution in [3.8, 4) is 0 Å². The Balaban J connectivity index is 1.93. The molecule has 112 valence electrons. The van der Waals surface area contributed by atoms with Gasteiger partial charge in [0.15, 0.2) is 0 Å². The molecule has 21 heavy (non-hydrogen) atoms. The van der Waals surface area contributed by atoms with Crippen molar-refractivity contribution in [1.82, 2.24) is 0 Å². The summed E-state index contributed by atoms with van der Waals surface area (Å²) in [6.45, 7) is 0.768. The zero-order valence-corrected chi connectivity index (χ0v) is 13.2.